The van der Waals surface area contributed by atoms with E-state index in [9.17, 15) is 18.0 Å². The maximum Gasteiger partial charge on any atom is 0.389 e. The van der Waals surface area contributed by atoms with Crippen molar-refractivity contribution in [1.82, 2.24) is 10.3 Å². The molecule has 1 aromatic rings. The maximum absolute atomic E-state index is 12.1. The van der Waals surface area contributed by atoms with Gasteiger partial charge in [0.05, 0.1) is 25.7 Å². The molecule has 1 aromatic heterocycles. The summed E-state index contributed by atoms with van der Waals surface area (Å²) in [7, 11) is 0. The number of hydrogen-bond donors (Lipinski definition) is 1. The normalized spacial score (nSPS) is 22.2. The zero-order valence-electron chi connectivity index (χ0n) is 11.4. The van der Waals surface area contributed by atoms with Crippen LogP contribution in [0.4, 0.5) is 13.2 Å². The van der Waals surface area contributed by atoms with Gasteiger partial charge in [-0.3, -0.25) is 9.78 Å². The van der Waals surface area contributed by atoms with Gasteiger partial charge < -0.3 is 10.1 Å². The predicted molar refractivity (Wildman–Crippen MR) is 69.5 cm³/mol. The van der Waals surface area contributed by atoms with Crippen molar-refractivity contribution in [2.45, 2.75) is 31.5 Å². The second kappa shape index (κ2) is 6.89. The Morgan fingerprint density at radius 3 is 2.71 bits per heavy atom. The van der Waals surface area contributed by atoms with E-state index in [1.165, 1.54) is 0 Å². The number of hydrogen-bond acceptors (Lipinski definition) is 3. The number of pyridine rings is 1. The lowest BCUT2D eigenvalue weighted by molar-refractivity contribution is -0.144. The number of rotatable bonds is 5. The monoisotopic (exact) mass is 302 g/mol. The zero-order valence-corrected chi connectivity index (χ0v) is 11.4. The summed E-state index contributed by atoms with van der Waals surface area (Å²) in [6.07, 6.45) is -1.87. The number of nitrogens with zero attached hydrogens (tertiary/aromatic N) is 1. The molecule has 1 amide bonds. The van der Waals surface area contributed by atoms with Crippen LogP contribution in [0.1, 0.15) is 18.4 Å². The molecule has 21 heavy (non-hydrogen) atoms. The highest BCUT2D eigenvalue weighted by atomic mass is 19.4. The molecule has 4 nitrogen and oxygen atoms in total. The van der Waals surface area contributed by atoms with Gasteiger partial charge in [-0.25, -0.2) is 0 Å². The molecule has 1 fully saturated rings. The number of halogens is 3. The SMILES string of the molecule is O=C(CCC(F)(F)F)N[C@@H]1COC[C@H]1Cc1ccncc1. The third kappa shape index (κ3) is 5.34. The molecule has 0 saturated carbocycles. The molecule has 7 heteroatoms. The summed E-state index contributed by atoms with van der Waals surface area (Å²) in [6, 6.07) is 3.51. The topological polar surface area (TPSA) is 51.2 Å². The molecular weight excluding hydrogens is 285 g/mol. The lowest BCUT2D eigenvalue weighted by Crippen LogP contribution is -2.40. The van der Waals surface area contributed by atoms with Crippen LogP contribution in [0.3, 0.4) is 0 Å². The minimum atomic E-state index is -4.31. The fraction of sp³-hybridized carbons (Fsp3) is 0.571. The van der Waals surface area contributed by atoms with Crippen LogP contribution in [0.15, 0.2) is 24.5 Å². The molecule has 0 radical (unpaired) electrons. The van der Waals surface area contributed by atoms with E-state index in [-0.39, 0.29) is 12.0 Å². The Kier molecular flexibility index (Phi) is 5.17. The van der Waals surface area contributed by atoms with Crippen LogP contribution >= 0.6 is 0 Å². The van der Waals surface area contributed by atoms with Crippen LogP contribution in [-0.4, -0.2) is 36.3 Å². The molecule has 0 unspecified atom stereocenters. The first-order valence-electron chi connectivity index (χ1n) is 6.77. The van der Waals surface area contributed by atoms with E-state index in [1.54, 1.807) is 12.4 Å². The van der Waals surface area contributed by atoms with Gasteiger partial charge in [0.2, 0.25) is 5.91 Å². The minimum Gasteiger partial charge on any atom is -0.379 e. The lowest BCUT2D eigenvalue weighted by atomic mass is 9.95. The fourth-order valence-electron chi connectivity index (χ4n) is 2.32. The van der Waals surface area contributed by atoms with Gasteiger partial charge in [-0.05, 0) is 24.1 Å². The Hall–Kier alpha value is -1.63. The smallest absolute Gasteiger partial charge is 0.379 e. The first-order valence-corrected chi connectivity index (χ1v) is 6.77. The summed E-state index contributed by atoms with van der Waals surface area (Å²) in [4.78, 5) is 15.5. The van der Waals surface area contributed by atoms with E-state index in [2.05, 4.69) is 10.3 Å². The standard InChI is InChI=1S/C14H17F3N2O2/c15-14(16,17)4-1-13(20)19-12-9-21-8-11(12)7-10-2-5-18-6-3-10/h2-3,5-6,11-12H,1,4,7-9H2,(H,19,20)/t11-,12-/m1/s1. The number of ether oxygens (including phenoxy) is 1. The molecule has 1 aliphatic heterocycles. The molecular formula is C14H17F3N2O2. The molecule has 0 bridgehead atoms. The van der Waals surface area contributed by atoms with E-state index < -0.39 is 24.9 Å². The summed E-state index contributed by atoms with van der Waals surface area (Å²) < 4.78 is 41.6. The Morgan fingerprint density at radius 2 is 2.05 bits per heavy atom. The highest BCUT2D eigenvalue weighted by Crippen LogP contribution is 2.22. The van der Waals surface area contributed by atoms with Crippen molar-refractivity contribution in [1.29, 1.82) is 0 Å². The molecule has 0 aromatic carbocycles. The maximum atomic E-state index is 12.1. The van der Waals surface area contributed by atoms with Crippen LogP contribution in [0.2, 0.25) is 0 Å². The van der Waals surface area contributed by atoms with E-state index in [4.69, 9.17) is 4.74 Å². The van der Waals surface area contributed by atoms with Crippen LogP contribution in [0.5, 0.6) is 0 Å². The van der Waals surface area contributed by atoms with Crippen LogP contribution in [0.25, 0.3) is 0 Å². The lowest BCUT2D eigenvalue weighted by Gasteiger charge is -2.19. The first kappa shape index (κ1) is 15.8. The van der Waals surface area contributed by atoms with Crippen molar-refractivity contribution in [3.05, 3.63) is 30.1 Å². The predicted octanol–water partition coefficient (Wildman–Crippen LogP) is 2.10. The molecule has 116 valence electrons. The molecule has 2 heterocycles. The van der Waals surface area contributed by atoms with Gasteiger partial charge in [0, 0.05) is 24.7 Å². The molecule has 0 aliphatic carbocycles. The molecule has 1 N–H and O–H groups in total. The van der Waals surface area contributed by atoms with Crippen LogP contribution in [-0.2, 0) is 16.0 Å². The average Bonchev–Trinajstić information content (AvgIpc) is 2.84. The Labute approximate surface area is 120 Å². The molecule has 2 rings (SSSR count). The van der Waals surface area contributed by atoms with Gasteiger partial charge >= 0.3 is 6.18 Å². The van der Waals surface area contributed by atoms with Gasteiger partial charge in [-0.15, -0.1) is 0 Å². The van der Waals surface area contributed by atoms with Crippen molar-refractivity contribution in [3.63, 3.8) is 0 Å². The largest absolute Gasteiger partial charge is 0.389 e. The number of nitrogens with one attached hydrogen (secondary N) is 1. The van der Waals surface area contributed by atoms with E-state index in [0.29, 0.717) is 19.6 Å². The summed E-state index contributed by atoms with van der Waals surface area (Å²) >= 11 is 0. The molecule has 0 spiro atoms. The van der Waals surface area contributed by atoms with Crippen molar-refractivity contribution in [2.75, 3.05) is 13.2 Å². The fourth-order valence-corrected chi connectivity index (χ4v) is 2.32. The summed E-state index contributed by atoms with van der Waals surface area (Å²) in [5.41, 5.74) is 1.06. The summed E-state index contributed by atoms with van der Waals surface area (Å²) in [5.74, 6) is -0.509. The van der Waals surface area contributed by atoms with Gasteiger partial charge in [-0.1, -0.05) is 0 Å². The van der Waals surface area contributed by atoms with Crippen molar-refractivity contribution >= 4 is 5.91 Å². The minimum absolute atomic E-state index is 0.0715. The van der Waals surface area contributed by atoms with Crippen molar-refractivity contribution in [2.24, 2.45) is 5.92 Å². The quantitative estimate of drug-likeness (QED) is 0.906. The third-order valence-corrected chi connectivity index (χ3v) is 3.43. The number of alkyl halides is 3. The van der Waals surface area contributed by atoms with Gasteiger partial charge in [0.25, 0.3) is 0 Å². The molecule has 1 saturated heterocycles. The second-order valence-corrected chi connectivity index (χ2v) is 5.15. The first-order chi connectivity index (χ1) is 9.94. The third-order valence-electron chi connectivity index (χ3n) is 3.43. The van der Waals surface area contributed by atoms with Gasteiger partial charge in [0.1, 0.15) is 0 Å². The number of carbonyl (C=O) groups excluding carboxylic acids is 1. The molecule has 1 aliphatic rings. The Balaban J connectivity index is 1.83. The number of carbonyl (C=O) groups is 1. The van der Waals surface area contributed by atoms with Gasteiger partial charge in [0.15, 0.2) is 0 Å². The molecule has 2 atom stereocenters. The van der Waals surface area contributed by atoms with Crippen LogP contribution in [0, 0.1) is 5.92 Å². The second-order valence-electron chi connectivity index (χ2n) is 5.15. The Bertz CT molecular complexity index is 465. The summed E-state index contributed by atoms with van der Waals surface area (Å²) in [5, 5.41) is 2.64. The van der Waals surface area contributed by atoms with Crippen molar-refractivity contribution < 1.29 is 22.7 Å². The average molecular weight is 302 g/mol. The summed E-state index contributed by atoms with van der Waals surface area (Å²) in [6.45, 7) is 0.833. The highest BCUT2D eigenvalue weighted by Gasteiger charge is 2.32. The van der Waals surface area contributed by atoms with E-state index in [0.717, 1.165) is 5.56 Å². The zero-order chi connectivity index (χ0) is 15.3. The van der Waals surface area contributed by atoms with Crippen molar-refractivity contribution in [3.8, 4) is 0 Å². The van der Waals surface area contributed by atoms with Gasteiger partial charge in [-0.2, -0.15) is 13.2 Å². The number of aromatic nitrogens is 1. The number of amides is 1. The van der Waals surface area contributed by atoms with E-state index in [1.807, 2.05) is 12.1 Å². The van der Waals surface area contributed by atoms with Crippen LogP contribution < -0.4 is 5.32 Å². The van der Waals surface area contributed by atoms with E-state index >= 15 is 0 Å². The highest BCUT2D eigenvalue weighted by molar-refractivity contribution is 5.76. The Morgan fingerprint density at radius 1 is 1.33 bits per heavy atom.